The number of anilines is 1. The molecule has 16 heavy (non-hydrogen) atoms. The van der Waals surface area contributed by atoms with Crippen LogP contribution < -0.4 is 4.90 Å². The maximum atomic E-state index is 10.7. The van der Waals surface area contributed by atoms with Gasteiger partial charge in [-0.2, -0.15) is 0 Å². The van der Waals surface area contributed by atoms with Crippen molar-refractivity contribution in [3.63, 3.8) is 0 Å². The highest BCUT2D eigenvalue weighted by atomic mass is 16.4. The van der Waals surface area contributed by atoms with E-state index in [1.54, 1.807) is 17.0 Å². The van der Waals surface area contributed by atoms with Crippen molar-refractivity contribution in [2.45, 2.75) is 13.8 Å². The molecule has 0 fully saturated rings. The van der Waals surface area contributed by atoms with E-state index in [4.69, 9.17) is 5.11 Å². The molecule has 0 radical (unpaired) electrons. The number of likely N-dealkylation sites (N-methyl/N-ethyl adjacent to an activating group) is 1. The van der Waals surface area contributed by atoms with Gasteiger partial charge < -0.3 is 10.0 Å². The third-order valence-corrected chi connectivity index (χ3v) is 2.45. The fourth-order valence-electron chi connectivity index (χ4n) is 1.54. The number of hydrogen-bond acceptors (Lipinski definition) is 3. The Morgan fingerprint density at radius 1 is 1.50 bits per heavy atom. The number of carbonyl (C=O) groups is 2. The summed E-state index contributed by atoms with van der Waals surface area (Å²) in [4.78, 5) is 23.0. The Labute approximate surface area is 94.5 Å². The molecular weight excluding hydrogens is 206 g/mol. The fourth-order valence-corrected chi connectivity index (χ4v) is 1.54. The van der Waals surface area contributed by atoms with E-state index in [9.17, 15) is 9.59 Å². The van der Waals surface area contributed by atoms with Crippen LogP contribution in [-0.4, -0.2) is 30.5 Å². The summed E-state index contributed by atoms with van der Waals surface area (Å²) in [5, 5.41) is 8.75. The van der Waals surface area contributed by atoms with Crippen molar-refractivity contribution in [3.8, 4) is 0 Å². The number of carbonyl (C=O) groups excluding carboxylic acids is 1. The Hall–Kier alpha value is -1.84. The summed E-state index contributed by atoms with van der Waals surface area (Å²) in [5.41, 5.74) is 2.32. The van der Waals surface area contributed by atoms with Crippen LogP contribution >= 0.6 is 0 Å². The van der Waals surface area contributed by atoms with Crippen LogP contribution in [0.5, 0.6) is 0 Å². The highest BCUT2D eigenvalue weighted by Gasteiger charge is 2.09. The number of aryl methyl sites for hydroxylation is 1. The largest absolute Gasteiger partial charge is 0.480 e. The number of carboxylic acids is 1. The molecule has 0 aliphatic rings. The van der Waals surface area contributed by atoms with Crippen LogP contribution in [-0.2, 0) is 4.79 Å². The number of aldehydes is 1. The molecule has 0 saturated carbocycles. The molecule has 0 atom stereocenters. The van der Waals surface area contributed by atoms with Gasteiger partial charge in [-0.3, -0.25) is 9.59 Å². The van der Waals surface area contributed by atoms with E-state index >= 15 is 0 Å². The molecule has 0 saturated heterocycles. The van der Waals surface area contributed by atoms with Crippen LogP contribution in [0.15, 0.2) is 18.2 Å². The average molecular weight is 221 g/mol. The molecule has 86 valence electrons. The third kappa shape index (κ3) is 2.82. The third-order valence-electron chi connectivity index (χ3n) is 2.45. The van der Waals surface area contributed by atoms with Crippen molar-refractivity contribution in [3.05, 3.63) is 29.3 Å². The van der Waals surface area contributed by atoms with E-state index in [1.165, 1.54) is 0 Å². The van der Waals surface area contributed by atoms with Crippen LogP contribution in [0.1, 0.15) is 22.8 Å². The van der Waals surface area contributed by atoms with Crippen molar-refractivity contribution >= 4 is 17.9 Å². The van der Waals surface area contributed by atoms with Gasteiger partial charge in [-0.05, 0) is 37.6 Å². The standard InChI is InChI=1S/C12H15NO3/c1-3-13(7-12(15)16)11-5-4-10(8-14)9(2)6-11/h4-6,8H,3,7H2,1-2H3,(H,15,16). The van der Waals surface area contributed by atoms with E-state index in [2.05, 4.69) is 0 Å². The Kier molecular flexibility index (Phi) is 4.05. The molecule has 0 aromatic heterocycles. The maximum absolute atomic E-state index is 10.7. The minimum Gasteiger partial charge on any atom is -0.480 e. The van der Waals surface area contributed by atoms with E-state index < -0.39 is 5.97 Å². The summed E-state index contributed by atoms with van der Waals surface area (Å²) >= 11 is 0. The zero-order valence-electron chi connectivity index (χ0n) is 9.43. The number of nitrogens with zero attached hydrogens (tertiary/aromatic N) is 1. The van der Waals surface area contributed by atoms with Crippen LogP contribution in [0, 0.1) is 6.92 Å². The summed E-state index contributed by atoms with van der Waals surface area (Å²) in [6, 6.07) is 5.31. The lowest BCUT2D eigenvalue weighted by atomic mass is 10.1. The second-order valence-electron chi connectivity index (χ2n) is 3.57. The molecule has 0 aliphatic carbocycles. The number of hydrogen-bond donors (Lipinski definition) is 1. The lowest BCUT2D eigenvalue weighted by Crippen LogP contribution is -2.29. The van der Waals surface area contributed by atoms with Gasteiger partial charge in [0.25, 0.3) is 0 Å². The molecule has 4 nitrogen and oxygen atoms in total. The quantitative estimate of drug-likeness (QED) is 0.769. The van der Waals surface area contributed by atoms with Gasteiger partial charge in [0.1, 0.15) is 12.8 Å². The molecule has 0 aliphatic heterocycles. The molecule has 0 amide bonds. The molecule has 0 unspecified atom stereocenters. The lowest BCUT2D eigenvalue weighted by molar-refractivity contribution is -0.135. The van der Waals surface area contributed by atoms with Crippen molar-refractivity contribution < 1.29 is 14.7 Å². The Morgan fingerprint density at radius 3 is 2.62 bits per heavy atom. The fraction of sp³-hybridized carbons (Fsp3) is 0.333. The van der Waals surface area contributed by atoms with Gasteiger partial charge in [0.05, 0.1) is 0 Å². The molecular formula is C12H15NO3. The van der Waals surface area contributed by atoms with Crippen LogP contribution in [0.3, 0.4) is 0 Å². The van der Waals surface area contributed by atoms with Crippen LogP contribution in [0.4, 0.5) is 5.69 Å². The average Bonchev–Trinajstić information content (AvgIpc) is 2.25. The number of aliphatic carboxylic acids is 1. The van der Waals surface area contributed by atoms with E-state index in [-0.39, 0.29) is 6.54 Å². The molecule has 0 spiro atoms. The summed E-state index contributed by atoms with van der Waals surface area (Å²) in [7, 11) is 0. The highest BCUT2D eigenvalue weighted by molar-refractivity contribution is 5.79. The molecule has 1 N–H and O–H groups in total. The lowest BCUT2D eigenvalue weighted by Gasteiger charge is -2.21. The Bertz CT molecular complexity index is 401. The van der Waals surface area contributed by atoms with Gasteiger partial charge in [-0.25, -0.2) is 0 Å². The molecule has 0 bridgehead atoms. The Morgan fingerprint density at radius 2 is 2.19 bits per heavy atom. The SMILES string of the molecule is CCN(CC(=O)O)c1ccc(C=O)c(C)c1. The van der Waals surface area contributed by atoms with Crippen LogP contribution in [0.2, 0.25) is 0 Å². The first kappa shape index (κ1) is 12.2. The van der Waals surface area contributed by atoms with E-state index in [1.807, 2.05) is 19.9 Å². The number of benzene rings is 1. The number of carboxylic acid groups (broad SMARTS) is 1. The van der Waals surface area contributed by atoms with Gasteiger partial charge in [-0.1, -0.05) is 0 Å². The van der Waals surface area contributed by atoms with E-state index in [0.29, 0.717) is 12.1 Å². The van der Waals surface area contributed by atoms with E-state index in [0.717, 1.165) is 17.5 Å². The van der Waals surface area contributed by atoms with Gasteiger partial charge in [0.2, 0.25) is 0 Å². The summed E-state index contributed by atoms with van der Waals surface area (Å²) in [6.45, 7) is 4.32. The monoisotopic (exact) mass is 221 g/mol. The minimum atomic E-state index is -0.862. The molecule has 4 heteroatoms. The number of rotatable bonds is 5. The zero-order valence-corrected chi connectivity index (χ0v) is 9.43. The van der Waals surface area contributed by atoms with Gasteiger partial charge in [-0.15, -0.1) is 0 Å². The molecule has 0 heterocycles. The zero-order chi connectivity index (χ0) is 12.1. The van der Waals surface area contributed by atoms with Gasteiger partial charge in [0, 0.05) is 17.8 Å². The minimum absolute atomic E-state index is 0.0314. The maximum Gasteiger partial charge on any atom is 0.323 e. The highest BCUT2D eigenvalue weighted by Crippen LogP contribution is 2.18. The molecule has 1 aromatic rings. The van der Waals surface area contributed by atoms with Crippen molar-refractivity contribution in [1.82, 2.24) is 0 Å². The van der Waals surface area contributed by atoms with Crippen molar-refractivity contribution in [2.24, 2.45) is 0 Å². The second kappa shape index (κ2) is 5.30. The first-order valence-corrected chi connectivity index (χ1v) is 5.11. The predicted octanol–water partition coefficient (Wildman–Crippen LogP) is 1.72. The molecule has 1 aromatic carbocycles. The van der Waals surface area contributed by atoms with Gasteiger partial charge >= 0.3 is 5.97 Å². The van der Waals surface area contributed by atoms with Crippen LogP contribution in [0.25, 0.3) is 0 Å². The first-order valence-electron chi connectivity index (χ1n) is 5.11. The Balaban J connectivity index is 2.97. The summed E-state index contributed by atoms with van der Waals surface area (Å²) in [5.74, 6) is -0.862. The smallest absolute Gasteiger partial charge is 0.323 e. The van der Waals surface area contributed by atoms with Gasteiger partial charge in [0.15, 0.2) is 0 Å². The second-order valence-corrected chi connectivity index (χ2v) is 3.57. The van der Waals surface area contributed by atoms with Crippen molar-refractivity contribution in [2.75, 3.05) is 18.0 Å². The molecule has 1 rings (SSSR count). The summed E-state index contributed by atoms with van der Waals surface area (Å²) < 4.78 is 0. The predicted molar refractivity (Wildman–Crippen MR) is 62.1 cm³/mol. The topological polar surface area (TPSA) is 57.6 Å². The normalized spacial score (nSPS) is 9.88. The summed E-state index contributed by atoms with van der Waals surface area (Å²) in [6.07, 6.45) is 0.798. The van der Waals surface area contributed by atoms with Crippen molar-refractivity contribution in [1.29, 1.82) is 0 Å². The first-order chi connectivity index (χ1) is 7.58.